The van der Waals surface area contributed by atoms with Crippen LogP contribution in [0.4, 0.5) is 0 Å². The molecule has 1 heterocycles. The number of nitrogens with one attached hydrogen (secondary N) is 4. The smallest absolute Gasteiger partial charge is 0.326 e. The maximum absolute atomic E-state index is 13.1. The van der Waals surface area contributed by atoms with Crippen molar-refractivity contribution in [1.82, 2.24) is 25.9 Å². The van der Waals surface area contributed by atoms with E-state index in [1.807, 2.05) is 13.8 Å². The SMILES string of the molecule is CC(C)CC(N)C(=O)NC(CCC(=O)O)C(=O)NC(Cc1cnc[nH]1)C(=O)NC(CCCCN)C(=O)O. The maximum atomic E-state index is 13.1. The Morgan fingerprint density at radius 3 is 2.11 bits per heavy atom. The number of aliphatic carboxylic acids is 2. The zero-order valence-electron chi connectivity index (χ0n) is 21.2. The number of carboxylic acids is 2. The van der Waals surface area contributed by atoms with Crippen molar-refractivity contribution in [2.45, 2.75) is 83.0 Å². The van der Waals surface area contributed by atoms with E-state index in [9.17, 15) is 29.1 Å². The molecule has 0 saturated heterocycles. The summed E-state index contributed by atoms with van der Waals surface area (Å²) >= 11 is 0. The van der Waals surface area contributed by atoms with Crippen LogP contribution in [0.1, 0.15) is 58.1 Å². The zero-order valence-corrected chi connectivity index (χ0v) is 21.2. The summed E-state index contributed by atoms with van der Waals surface area (Å²) in [5, 5.41) is 26.0. The summed E-state index contributed by atoms with van der Waals surface area (Å²) in [6.45, 7) is 4.13. The molecule has 1 aromatic heterocycles. The molecule has 1 rings (SSSR count). The summed E-state index contributed by atoms with van der Waals surface area (Å²) in [5.41, 5.74) is 11.8. The number of imidazole rings is 1. The van der Waals surface area contributed by atoms with Crippen molar-refractivity contribution < 1.29 is 34.2 Å². The van der Waals surface area contributed by atoms with Gasteiger partial charge in [0, 0.05) is 24.7 Å². The van der Waals surface area contributed by atoms with Crippen LogP contribution in [0.15, 0.2) is 12.5 Å². The fourth-order valence-corrected chi connectivity index (χ4v) is 3.55. The Morgan fingerprint density at radius 1 is 0.946 bits per heavy atom. The van der Waals surface area contributed by atoms with Gasteiger partial charge in [-0.15, -0.1) is 0 Å². The number of unbranched alkanes of at least 4 members (excludes halogenated alkanes) is 1. The largest absolute Gasteiger partial charge is 0.481 e. The van der Waals surface area contributed by atoms with E-state index in [1.165, 1.54) is 12.5 Å². The van der Waals surface area contributed by atoms with Gasteiger partial charge in [-0.2, -0.15) is 0 Å². The minimum absolute atomic E-state index is 0.0564. The molecule has 4 unspecified atom stereocenters. The van der Waals surface area contributed by atoms with E-state index in [2.05, 4.69) is 25.9 Å². The van der Waals surface area contributed by atoms with Gasteiger partial charge in [0.2, 0.25) is 17.7 Å². The second kappa shape index (κ2) is 16.3. The van der Waals surface area contributed by atoms with Crippen molar-refractivity contribution >= 4 is 29.7 Å². The summed E-state index contributed by atoms with van der Waals surface area (Å²) in [5.74, 6) is -4.49. The maximum Gasteiger partial charge on any atom is 0.326 e. The minimum Gasteiger partial charge on any atom is -0.481 e. The van der Waals surface area contributed by atoms with Gasteiger partial charge in [-0.05, 0) is 44.6 Å². The molecule has 0 aliphatic carbocycles. The fourth-order valence-electron chi connectivity index (χ4n) is 3.55. The number of carbonyl (C=O) groups excluding carboxylic acids is 3. The number of aromatic nitrogens is 2. The topological polar surface area (TPSA) is 243 Å². The van der Waals surface area contributed by atoms with Gasteiger partial charge in [-0.25, -0.2) is 9.78 Å². The summed E-state index contributed by atoms with van der Waals surface area (Å²) in [6.07, 6.45) is 3.66. The van der Waals surface area contributed by atoms with Crippen molar-refractivity contribution in [3.05, 3.63) is 18.2 Å². The van der Waals surface area contributed by atoms with Crippen LogP contribution in [0.2, 0.25) is 0 Å². The molecule has 0 radical (unpaired) electrons. The first kappa shape index (κ1) is 31.5. The number of carboxylic acid groups (broad SMARTS) is 2. The third-order valence-corrected chi connectivity index (χ3v) is 5.52. The third-order valence-electron chi connectivity index (χ3n) is 5.52. The predicted octanol–water partition coefficient (Wildman–Crippen LogP) is -1.14. The van der Waals surface area contributed by atoms with Gasteiger partial charge in [0.15, 0.2) is 0 Å². The van der Waals surface area contributed by atoms with Gasteiger partial charge in [0.05, 0.1) is 12.4 Å². The first-order valence-electron chi connectivity index (χ1n) is 12.2. The van der Waals surface area contributed by atoms with Gasteiger partial charge in [0.1, 0.15) is 18.1 Å². The van der Waals surface area contributed by atoms with Crippen LogP contribution in [0.3, 0.4) is 0 Å². The molecule has 37 heavy (non-hydrogen) atoms. The van der Waals surface area contributed by atoms with Crippen molar-refractivity contribution in [2.75, 3.05) is 6.54 Å². The quantitative estimate of drug-likeness (QED) is 0.107. The van der Waals surface area contributed by atoms with Gasteiger partial charge < -0.3 is 42.6 Å². The highest BCUT2D eigenvalue weighted by Gasteiger charge is 2.31. The highest BCUT2D eigenvalue weighted by Crippen LogP contribution is 2.08. The molecule has 0 saturated carbocycles. The Labute approximate surface area is 215 Å². The number of hydrogen-bond donors (Lipinski definition) is 8. The monoisotopic (exact) mass is 525 g/mol. The molecule has 0 aromatic carbocycles. The van der Waals surface area contributed by atoms with Crippen LogP contribution < -0.4 is 27.4 Å². The van der Waals surface area contributed by atoms with Crippen LogP contribution in [-0.4, -0.2) is 80.6 Å². The molecule has 208 valence electrons. The highest BCUT2D eigenvalue weighted by atomic mass is 16.4. The Balaban J connectivity index is 3.06. The number of amides is 3. The molecular formula is C23H39N7O7. The molecule has 10 N–H and O–H groups in total. The Morgan fingerprint density at radius 2 is 1.57 bits per heavy atom. The van der Waals surface area contributed by atoms with E-state index < -0.39 is 60.2 Å². The lowest BCUT2D eigenvalue weighted by molar-refractivity contribution is -0.142. The normalized spacial score (nSPS) is 14.3. The van der Waals surface area contributed by atoms with E-state index in [-0.39, 0.29) is 25.2 Å². The van der Waals surface area contributed by atoms with Crippen LogP contribution in [0.5, 0.6) is 0 Å². The molecule has 4 atom stereocenters. The van der Waals surface area contributed by atoms with Crippen LogP contribution in [0.25, 0.3) is 0 Å². The number of hydrogen-bond acceptors (Lipinski definition) is 8. The molecule has 0 aliphatic heterocycles. The van der Waals surface area contributed by atoms with Crippen LogP contribution >= 0.6 is 0 Å². The molecule has 14 nitrogen and oxygen atoms in total. The van der Waals surface area contributed by atoms with E-state index >= 15 is 0 Å². The number of rotatable bonds is 18. The van der Waals surface area contributed by atoms with Gasteiger partial charge >= 0.3 is 11.9 Å². The second-order valence-electron chi connectivity index (χ2n) is 9.26. The minimum atomic E-state index is -1.28. The van der Waals surface area contributed by atoms with Crippen molar-refractivity contribution in [3.63, 3.8) is 0 Å². The highest BCUT2D eigenvalue weighted by molar-refractivity contribution is 5.94. The number of nitrogens with zero attached hydrogens (tertiary/aromatic N) is 1. The van der Waals surface area contributed by atoms with E-state index in [4.69, 9.17) is 16.6 Å². The first-order valence-corrected chi connectivity index (χ1v) is 12.2. The molecule has 3 amide bonds. The Kier molecular flexibility index (Phi) is 13.9. The van der Waals surface area contributed by atoms with Crippen molar-refractivity contribution in [1.29, 1.82) is 0 Å². The predicted molar refractivity (Wildman–Crippen MR) is 133 cm³/mol. The number of carbonyl (C=O) groups is 5. The van der Waals surface area contributed by atoms with E-state index in [0.717, 1.165) is 0 Å². The summed E-state index contributed by atoms with van der Waals surface area (Å²) in [6, 6.07) is -4.62. The Hall–Kier alpha value is -3.52. The first-order chi connectivity index (χ1) is 17.4. The van der Waals surface area contributed by atoms with Gasteiger partial charge in [-0.3, -0.25) is 19.2 Å². The third kappa shape index (κ3) is 12.3. The van der Waals surface area contributed by atoms with E-state index in [1.54, 1.807) is 0 Å². The van der Waals surface area contributed by atoms with E-state index in [0.29, 0.717) is 31.5 Å². The number of aromatic amines is 1. The molecule has 0 spiro atoms. The second-order valence-corrected chi connectivity index (χ2v) is 9.26. The average Bonchev–Trinajstić information content (AvgIpc) is 3.32. The van der Waals surface area contributed by atoms with Crippen LogP contribution in [0, 0.1) is 5.92 Å². The van der Waals surface area contributed by atoms with Gasteiger partial charge in [-0.1, -0.05) is 13.8 Å². The number of nitrogens with two attached hydrogens (primary N) is 2. The Bertz CT molecular complexity index is 892. The van der Waals surface area contributed by atoms with Crippen molar-refractivity contribution in [3.8, 4) is 0 Å². The summed E-state index contributed by atoms with van der Waals surface area (Å²) in [7, 11) is 0. The molecule has 1 aromatic rings. The number of H-pyrrole nitrogens is 1. The zero-order chi connectivity index (χ0) is 28.0. The molecule has 14 heteroatoms. The lowest BCUT2D eigenvalue weighted by atomic mass is 10.0. The summed E-state index contributed by atoms with van der Waals surface area (Å²) in [4.78, 5) is 68.1. The molecular weight excluding hydrogens is 486 g/mol. The van der Waals surface area contributed by atoms with Crippen LogP contribution in [-0.2, 0) is 30.4 Å². The molecule has 0 bridgehead atoms. The fraction of sp³-hybridized carbons (Fsp3) is 0.652. The lowest BCUT2D eigenvalue weighted by Crippen LogP contribution is -2.57. The average molecular weight is 526 g/mol. The lowest BCUT2D eigenvalue weighted by Gasteiger charge is -2.25. The standard InChI is InChI=1S/C23H39N7O7/c1-13(2)9-15(25)20(33)28-16(6-7-19(31)32)21(34)30-18(10-14-11-26-12-27-14)22(35)29-17(23(36)37)5-3-4-8-24/h11-13,15-18H,3-10,24-25H2,1-2H3,(H,26,27)(H,28,33)(H,29,35)(H,30,34)(H,31,32)(H,36,37). The molecule has 0 aliphatic rings. The van der Waals surface area contributed by atoms with Gasteiger partial charge in [0.25, 0.3) is 0 Å². The molecule has 0 fully saturated rings. The van der Waals surface area contributed by atoms with Crippen molar-refractivity contribution in [2.24, 2.45) is 17.4 Å². The summed E-state index contributed by atoms with van der Waals surface area (Å²) < 4.78 is 0.